The second kappa shape index (κ2) is 13.8. The zero-order valence-corrected chi connectivity index (χ0v) is 22.3. The highest BCUT2D eigenvalue weighted by atomic mass is 32.2. The standard InChI is InChI=1S/C26H31N3O2S.C2H6/c1-6-11-22-18(4)29(5)24(27-22)17-23(26(30)31-7-2)28-25(32-8-3)21-15-14-19-12-9-10-13-20(19)16-21;1-2/h6,9-16,23H,7-8,17H2,1-5H3;1-2H3/b11-6-,28-25?;. The smallest absolute Gasteiger partial charge is 0.331 e. The molecule has 0 fully saturated rings. The van der Waals surface area contributed by atoms with Crippen molar-refractivity contribution in [1.29, 1.82) is 0 Å². The number of nitrogens with zero attached hydrogens (tertiary/aromatic N) is 3. The van der Waals surface area contributed by atoms with Crippen molar-refractivity contribution >= 4 is 39.6 Å². The number of carbonyl (C=O) groups is 1. The summed E-state index contributed by atoms with van der Waals surface area (Å²) in [5.41, 5.74) is 2.98. The highest BCUT2D eigenvalue weighted by molar-refractivity contribution is 8.14. The molecular formula is C28H37N3O2S. The van der Waals surface area contributed by atoms with Crippen molar-refractivity contribution in [3.63, 3.8) is 0 Å². The fourth-order valence-electron chi connectivity index (χ4n) is 3.55. The highest BCUT2D eigenvalue weighted by Gasteiger charge is 2.24. The second-order valence-electron chi connectivity index (χ2n) is 7.46. The fraction of sp³-hybridized carbons (Fsp3) is 0.393. The first-order valence-electron chi connectivity index (χ1n) is 12.0. The number of allylic oxidation sites excluding steroid dienone is 1. The molecule has 1 heterocycles. The summed E-state index contributed by atoms with van der Waals surface area (Å²) in [6.07, 6.45) is 4.33. The van der Waals surface area contributed by atoms with Crippen molar-refractivity contribution in [3.05, 3.63) is 71.3 Å². The summed E-state index contributed by atoms with van der Waals surface area (Å²) in [6, 6.07) is 13.9. The Morgan fingerprint density at radius 2 is 1.88 bits per heavy atom. The number of rotatable bonds is 8. The van der Waals surface area contributed by atoms with E-state index in [1.54, 1.807) is 11.8 Å². The Morgan fingerprint density at radius 3 is 2.53 bits per heavy atom. The predicted octanol–water partition coefficient (Wildman–Crippen LogP) is 6.62. The minimum Gasteiger partial charge on any atom is -0.464 e. The number of aliphatic imine (C=N–C) groups is 1. The summed E-state index contributed by atoms with van der Waals surface area (Å²) in [5, 5.41) is 3.17. The van der Waals surface area contributed by atoms with E-state index in [0.717, 1.165) is 39.0 Å². The Kier molecular flexibility index (Phi) is 11.1. The summed E-state index contributed by atoms with van der Waals surface area (Å²) in [5.74, 6) is 1.35. The van der Waals surface area contributed by atoms with Crippen LogP contribution in [0.25, 0.3) is 16.8 Å². The van der Waals surface area contributed by atoms with E-state index in [4.69, 9.17) is 14.7 Å². The van der Waals surface area contributed by atoms with Crippen molar-refractivity contribution in [1.82, 2.24) is 9.55 Å². The lowest BCUT2D eigenvalue weighted by molar-refractivity contribution is -0.144. The Labute approximate surface area is 208 Å². The van der Waals surface area contributed by atoms with Crippen LogP contribution in [0.15, 0.2) is 53.5 Å². The summed E-state index contributed by atoms with van der Waals surface area (Å²) < 4.78 is 7.41. The van der Waals surface area contributed by atoms with Crippen molar-refractivity contribution < 1.29 is 9.53 Å². The van der Waals surface area contributed by atoms with Gasteiger partial charge in [-0.2, -0.15) is 0 Å². The van der Waals surface area contributed by atoms with E-state index < -0.39 is 6.04 Å². The number of ether oxygens (including phenoxy) is 1. The van der Waals surface area contributed by atoms with E-state index >= 15 is 0 Å². The molecule has 182 valence electrons. The molecule has 3 aromatic rings. The lowest BCUT2D eigenvalue weighted by Gasteiger charge is -2.15. The van der Waals surface area contributed by atoms with Gasteiger partial charge in [0.2, 0.25) is 0 Å². The van der Waals surface area contributed by atoms with Gasteiger partial charge in [-0.15, -0.1) is 11.8 Å². The normalized spacial score (nSPS) is 12.5. The molecule has 1 aromatic heterocycles. The molecule has 6 heteroatoms. The number of imidazole rings is 1. The monoisotopic (exact) mass is 479 g/mol. The molecule has 1 unspecified atom stereocenters. The van der Waals surface area contributed by atoms with E-state index in [9.17, 15) is 4.79 Å². The largest absolute Gasteiger partial charge is 0.464 e. The molecule has 0 bridgehead atoms. The van der Waals surface area contributed by atoms with Gasteiger partial charge in [0.15, 0.2) is 6.04 Å². The number of hydrogen-bond acceptors (Lipinski definition) is 5. The first-order valence-corrected chi connectivity index (χ1v) is 13.0. The first-order chi connectivity index (χ1) is 16.5. The summed E-state index contributed by atoms with van der Waals surface area (Å²) >= 11 is 1.64. The minimum absolute atomic E-state index is 0.320. The maximum atomic E-state index is 12.9. The van der Waals surface area contributed by atoms with Crippen LogP contribution < -0.4 is 0 Å². The number of carbonyl (C=O) groups excluding carboxylic acids is 1. The Morgan fingerprint density at radius 1 is 1.18 bits per heavy atom. The molecule has 1 atom stereocenters. The predicted molar refractivity (Wildman–Crippen MR) is 147 cm³/mol. The molecule has 0 saturated heterocycles. The van der Waals surface area contributed by atoms with Crippen molar-refractivity contribution in [2.24, 2.45) is 12.0 Å². The van der Waals surface area contributed by atoms with E-state index in [-0.39, 0.29) is 5.97 Å². The molecule has 0 saturated carbocycles. The van der Waals surface area contributed by atoms with Gasteiger partial charge in [0.1, 0.15) is 5.82 Å². The SMILES string of the molecule is C/C=C\c1nc(CC(N=C(SCC)c2ccc3ccccc3c2)C(=O)OCC)n(C)c1C.CC. The Bertz CT molecular complexity index is 1150. The summed E-state index contributed by atoms with van der Waals surface area (Å²) in [4.78, 5) is 22.5. The lowest BCUT2D eigenvalue weighted by atomic mass is 10.1. The topological polar surface area (TPSA) is 56.5 Å². The summed E-state index contributed by atoms with van der Waals surface area (Å²) in [6.45, 7) is 12.2. The van der Waals surface area contributed by atoms with Crippen molar-refractivity contribution in [2.45, 2.75) is 54.0 Å². The number of esters is 1. The van der Waals surface area contributed by atoms with E-state index in [2.05, 4.69) is 37.3 Å². The second-order valence-corrected chi connectivity index (χ2v) is 8.71. The van der Waals surface area contributed by atoms with Crippen LogP contribution in [0.3, 0.4) is 0 Å². The Hall–Kier alpha value is -2.86. The van der Waals surface area contributed by atoms with Crippen LogP contribution in [0.2, 0.25) is 0 Å². The number of hydrogen-bond donors (Lipinski definition) is 0. The van der Waals surface area contributed by atoms with Crippen LogP contribution >= 0.6 is 11.8 Å². The van der Waals surface area contributed by atoms with Gasteiger partial charge in [-0.25, -0.2) is 9.78 Å². The zero-order chi connectivity index (χ0) is 25.1. The zero-order valence-electron chi connectivity index (χ0n) is 21.5. The highest BCUT2D eigenvalue weighted by Crippen LogP contribution is 2.22. The van der Waals surface area contributed by atoms with Gasteiger partial charge >= 0.3 is 5.97 Å². The van der Waals surface area contributed by atoms with Gasteiger partial charge in [-0.05, 0) is 49.4 Å². The van der Waals surface area contributed by atoms with Gasteiger partial charge < -0.3 is 9.30 Å². The van der Waals surface area contributed by atoms with Crippen molar-refractivity contribution in [3.8, 4) is 0 Å². The van der Waals surface area contributed by atoms with Gasteiger partial charge in [-0.1, -0.05) is 63.2 Å². The molecule has 2 aromatic carbocycles. The molecule has 0 aliphatic heterocycles. The van der Waals surface area contributed by atoms with Crippen LogP contribution in [0.5, 0.6) is 0 Å². The maximum Gasteiger partial charge on any atom is 0.331 e. The lowest BCUT2D eigenvalue weighted by Crippen LogP contribution is -2.26. The van der Waals surface area contributed by atoms with Crippen LogP contribution in [0, 0.1) is 6.92 Å². The molecule has 0 N–H and O–H groups in total. The first kappa shape index (κ1) is 27.4. The molecule has 0 spiro atoms. The van der Waals surface area contributed by atoms with E-state index in [1.165, 1.54) is 5.39 Å². The number of fused-ring (bicyclic) bond motifs is 1. The molecule has 0 aliphatic carbocycles. The number of aromatic nitrogens is 2. The maximum absolute atomic E-state index is 12.9. The third-order valence-electron chi connectivity index (χ3n) is 5.32. The third-order valence-corrected chi connectivity index (χ3v) is 6.22. The molecule has 0 aliphatic rings. The van der Waals surface area contributed by atoms with E-state index in [1.807, 2.05) is 70.5 Å². The van der Waals surface area contributed by atoms with Crippen molar-refractivity contribution in [2.75, 3.05) is 12.4 Å². The molecule has 3 rings (SSSR count). The van der Waals surface area contributed by atoms with Crippen LogP contribution in [-0.2, 0) is 23.0 Å². The molecule has 0 radical (unpaired) electrons. The third kappa shape index (κ3) is 6.83. The van der Waals surface area contributed by atoms with Gasteiger partial charge in [0, 0.05) is 24.7 Å². The Balaban J connectivity index is 0.00000199. The van der Waals surface area contributed by atoms with Gasteiger partial charge in [0.05, 0.1) is 17.3 Å². The minimum atomic E-state index is -0.658. The number of benzene rings is 2. The summed E-state index contributed by atoms with van der Waals surface area (Å²) in [7, 11) is 1.97. The molecule has 34 heavy (non-hydrogen) atoms. The van der Waals surface area contributed by atoms with Crippen LogP contribution in [0.1, 0.15) is 57.4 Å². The number of thioether (sulfide) groups is 1. The fourth-order valence-corrected chi connectivity index (χ4v) is 4.32. The quantitative estimate of drug-likeness (QED) is 0.207. The average Bonchev–Trinajstić information content (AvgIpc) is 3.12. The van der Waals surface area contributed by atoms with Crippen LogP contribution in [-0.4, -0.2) is 39.0 Å². The average molecular weight is 480 g/mol. The molecular weight excluding hydrogens is 442 g/mol. The van der Waals surface area contributed by atoms with Gasteiger partial charge in [0.25, 0.3) is 0 Å². The van der Waals surface area contributed by atoms with Crippen LogP contribution in [0.4, 0.5) is 0 Å². The van der Waals surface area contributed by atoms with Gasteiger partial charge in [-0.3, -0.25) is 4.99 Å². The molecule has 0 amide bonds. The van der Waals surface area contributed by atoms with E-state index in [0.29, 0.717) is 13.0 Å². The molecule has 5 nitrogen and oxygen atoms in total.